The predicted molar refractivity (Wildman–Crippen MR) is 88.4 cm³/mol. The number of benzene rings is 1. The van der Waals surface area contributed by atoms with Crippen LogP contribution in [0.15, 0.2) is 29.2 Å². The van der Waals surface area contributed by atoms with Crippen LogP contribution < -0.4 is 5.73 Å². The minimum atomic E-state index is -3.40. The Morgan fingerprint density at radius 2 is 1.76 bits per heavy atom. The lowest BCUT2D eigenvalue weighted by Crippen LogP contribution is -2.45. The van der Waals surface area contributed by atoms with Crippen LogP contribution in [0.5, 0.6) is 0 Å². The molecule has 1 atom stereocenters. The summed E-state index contributed by atoms with van der Waals surface area (Å²) in [4.78, 5) is 0.361. The van der Waals surface area contributed by atoms with Crippen molar-refractivity contribution in [1.82, 2.24) is 4.31 Å². The maximum atomic E-state index is 12.6. The van der Waals surface area contributed by atoms with E-state index in [-0.39, 0.29) is 23.9 Å². The molecule has 0 saturated carbocycles. The molecule has 1 saturated heterocycles. The van der Waals surface area contributed by atoms with Gasteiger partial charge < -0.3 is 5.73 Å². The smallest absolute Gasteiger partial charge is 0.243 e. The topological polar surface area (TPSA) is 63.4 Å². The van der Waals surface area contributed by atoms with Crippen LogP contribution in [0, 0.1) is 0 Å². The van der Waals surface area contributed by atoms with E-state index < -0.39 is 10.0 Å². The third-order valence-corrected chi connectivity index (χ3v) is 5.66. The second-order valence-corrected chi connectivity index (χ2v) is 8.48. The Kier molecular flexibility index (Phi) is 5.83. The molecule has 0 aliphatic carbocycles. The van der Waals surface area contributed by atoms with Gasteiger partial charge in [-0.1, -0.05) is 32.9 Å². The Morgan fingerprint density at radius 3 is 2.24 bits per heavy atom. The molecular weight excluding hydrogens is 308 g/mol. The van der Waals surface area contributed by atoms with Crippen LogP contribution in [0.1, 0.15) is 39.2 Å². The Labute approximate surface area is 134 Å². The number of rotatable bonds is 2. The average Bonchev–Trinajstić information content (AvgIpc) is 2.38. The fourth-order valence-electron chi connectivity index (χ4n) is 2.47. The van der Waals surface area contributed by atoms with Gasteiger partial charge in [0.15, 0.2) is 0 Å². The summed E-state index contributed by atoms with van der Waals surface area (Å²) in [5, 5.41) is 0. The zero-order chi connectivity index (χ0) is 15.0. The summed E-state index contributed by atoms with van der Waals surface area (Å²) >= 11 is 0. The molecule has 1 aliphatic rings. The van der Waals surface area contributed by atoms with Gasteiger partial charge in [0, 0.05) is 19.1 Å². The van der Waals surface area contributed by atoms with Gasteiger partial charge in [0.05, 0.1) is 4.90 Å². The van der Waals surface area contributed by atoms with Gasteiger partial charge >= 0.3 is 0 Å². The van der Waals surface area contributed by atoms with Crippen molar-refractivity contribution in [2.75, 3.05) is 13.1 Å². The van der Waals surface area contributed by atoms with Crippen molar-refractivity contribution >= 4 is 22.4 Å². The molecule has 1 heterocycles. The first-order valence-electron chi connectivity index (χ1n) is 7.07. The highest BCUT2D eigenvalue weighted by Gasteiger charge is 2.29. The zero-order valence-corrected chi connectivity index (χ0v) is 14.5. The number of hydrogen-bond donors (Lipinski definition) is 1. The summed E-state index contributed by atoms with van der Waals surface area (Å²) in [7, 11) is -3.40. The molecule has 1 aliphatic heterocycles. The molecule has 0 bridgehead atoms. The first-order chi connectivity index (χ1) is 9.21. The molecule has 6 heteroatoms. The lowest BCUT2D eigenvalue weighted by atomic mass is 9.87. The second-order valence-electron chi connectivity index (χ2n) is 6.54. The highest BCUT2D eigenvalue weighted by molar-refractivity contribution is 7.89. The van der Waals surface area contributed by atoms with Gasteiger partial charge in [-0.15, -0.1) is 12.4 Å². The molecule has 0 spiro atoms. The van der Waals surface area contributed by atoms with E-state index in [4.69, 9.17) is 5.73 Å². The highest BCUT2D eigenvalue weighted by Crippen LogP contribution is 2.25. The summed E-state index contributed by atoms with van der Waals surface area (Å²) in [6, 6.07) is 7.16. The van der Waals surface area contributed by atoms with E-state index in [2.05, 4.69) is 20.8 Å². The summed E-state index contributed by atoms with van der Waals surface area (Å²) in [6.07, 6.45) is 1.73. The molecule has 1 aromatic rings. The number of sulfonamides is 1. The summed E-state index contributed by atoms with van der Waals surface area (Å²) < 4.78 is 26.6. The Bertz CT molecular complexity index is 564. The minimum Gasteiger partial charge on any atom is -0.327 e. The Balaban J connectivity index is 0.00000220. The van der Waals surface area contributed by atoms with Gasteiger partial charge in [0.2, 0.25) is 10.0 Å². The average molecular weight is 333 g/mol. The summed E-state index contributed by atoms with van der Waals surface area (Å²) in [5.74, 6) is 0. The molecule has 0 aromatic heterocycles. The third-order valence-electron chi connectivity index (χ3n) is 3.78. The van der Waals surface area contributed by atoms with Gasteiger partial charge in [-0.25, -0.2) is 8.42 Å². The van der Waals surface area contributed by atoms with Gasteiger partial charge in [-0.3, -0.25) is 0 Å². The van der Waals surface area contributed by atoms with Crippen molar-refractivity contribution in [3.05, 3.63) is 29.8 Å². The van der Waals surface area contributed by atoms with Gasteiger partial charge in [-0.05, 0) is 36.0 Å². The van der Waals surface area contributed by atoms with Crippen molar-refractivity contribution in [3.8, 4) is 0 Å². The number of nitrogens with two attached hydrogens (primary N) is 1. The minimum absolute atomic E-state index is 0. The van der Waals surface area contributed by atoms with E-state index in [0.717, 1.165) is 18.4 Å². The van der Waals surface area contributed by atoms with Crippen LogP contribution in [-0.4, -0.2) is 31.9 Å². The molecule has 120 valence electrons. The van der Waals surface area contributed by atoms with Crippen LogP contribution in [0.3, 0.4) is 0 Å². The summed E-state index contributed by atoms with van der Waals surface area (Å²) in [6.45, 7) is 7.32. The van der Waals surface area contributed by atoms with Crippen LogP contribution in [0.25, 0.3) is 0 Å². The SMILES string of the molecule is CC(C)(C)c1ccc(S(=O)(=O)N2CCC[C@@H](N)C2)cc1.Cl. The van der Waals surface area contributed by atoms with Crippen molar-refractivity contribution in [1.29, 1.82) is 0 Å². The molecular formula is C15H25ClN2O2S. The number of nitrogens with zero attached hydrogens (tertiary/aromatic N) is 1. The van der Waals surface area contributed by atoms with Gasteiger partial charge in [0.1, 0.15) is 0 Å². The summed E-state index contributed by atoms with van der Waals surface area (Å²) in [5.41, 5.74) is 7.03. The maximum absolute atomic E-state index is 12.6. The standard InChI is InChI=1S/C15H24N2O2S.ClH/c1-15(2,3)12-6-8-14(9-7-12)20(18,19)17-10-4-5-13(16)11-17;/h6-9,13H,4-5,10-11,16H2,1-3H3;1H/t13-;/m1./s1. The monoisotopic (exact) mass is 332 g/mol. The van der Waals surface area contributed by atoms with Crippen molar-refractivity contribution in [2.24, 2.45) is 5.73 Å². The van der Waals surface area contributed by atoms with E-state index in [1.807, 2.05) is 12.1 Å². The predicted octanol–water partition coefficient (Wildman–Crippen LogP) is 2.52. The maximum Gasteiger partial charge on any atom is 0.243 e. The fraction of sp³-hybridized carbons (Fsp3) is 0.600. The Morgan fingerprint density at radius 1 is 1.19 bits per heavy atom. The highest BCUT2D eigenvalue weighted by atomic mass is 35.5. The van der Waals surface area contributed by atoms with E-state index in [1.165, 1.54) is 4.31 Å². The van der Waals surface area contributed by atoms with Crippen LogP contribution >= 0.6 is 12.4 Å². The normalized spacial score (nSPS) is 20.9. The molecule has 1 fully saturated rings. The van der Waals surface area contributed by atoms with Gasteiger partial charge in [0.25, 0.3) is 0 Å². The lowest BCUT2D eigenvalue weighted by molar-refractivity contribution is 0.316. The van der Waals surface area contributed by atoms with E-state index in [9.17, 15) is 8.42 Å². The number of halogens is 1. The second kappa shape index (κ2) is 6.65. The van der Waals surface area contributed by atoms with Crippen LogP contribution in [0.4, 0.5) is 0 Å². The van der Waals surface area contributed by atoms with E-state index >= 15 is 0 Å². The van der Waals surface area contributed by atoms with Crippen molar-refractivity contribution in [3.63, 3.8) is 0 Å². The van der Waals surface area contributed by atoms with Crippen molar-refractivity contribution in [2.45, 2.75) is 50.0 Å². The number of hydrogen-bond acceptors (Lipinski definition) is 3. The first kappa shape index (κ1) is 18.4. The molecule has 0 amide bonds. The first-order valence-corrected chi connectivity index (χ1v) is 8.51. The third kappa shape index (κ3) is 4.19. The quantitative estimate of drug-likeness (QED) is 0.905. The van der Waals surface area contributed by atoms with E-state index in [1.54, 1.807) is 12.1 Å². The molecule has 2 N–H and O–H groups in total. The molecule has 4 nitrogen and oxygen atoms in total. The molecule has 21 heavy (non-hydrogen) atoms. The molecule has 1 aromatic carbocycles. The zero-order valence-electron chi connectivity index (χ0n) is 12.9. The Hall–Kier alpha value is -0.620. The molecule has 2 rings (SSSR count). The molecule has 0 unspecified atom stereocenters. The van der Waals surface area contributed by atoms with Crippen LogP contribution in [0.2, 0.25) is 0 Å². The lowest BCUT2D eigenvalue weighted by Gasteiger charge is -2.30. The number of piperidine rings is 1. The van der Waals surface area contributed by atoms with Crippen molar-refractivity contribution < 1.29 is 8.42 Å². The van der Waals surface area contributed by atoms with Gasteiger partial charge in [-0.2, -0.15) is 4.31 Å². The van der Waals surface area contributed by atoms with Crippen LogP contribution in [-0.2, 0) is 15.4 Å². The fourth-order valence-corrected chi connectivity index (χ4v) is 4.00. The molecule has 0 radical (unpaired) electrons. The largest absolute Gasteiger partial charge is 0.327 e. The van der Waals surface area contributed by atoms with E-state index in [0.29, 0.717) is 18.0 Å².